The van der Waals surface area contributed by atoms with Gasteiger partial charge in [0.1, 0.15) is 5.82 Å². The third-order valence-electron chi connectivity index (χ3n) is 11.0. The Morgan fingerprint density at radius 1 is 0.429 bits per heavy atom. The first-order chi connectivity index (χ1) is 27.8. The Kier molecular flexibility index (Phi) is 7.46. The van der Waals surface area contributed by atoms with Crippen LogP contribution in [0.1, 0.15) is 0 Å². The molecule has 0 aliphatic carbocycles. The molecule has 262 valence electrons. The van der Waals surface area contributed by atoms with Crippen LogP contribution in [0, 0.1) is 0 Å². The minimum absolute atomic E-state index is 0.880. The van der Waals surface area contributed by atoms with Crippen molar-refractivity contribution in [2.45, 2.75) is 0 Å². The lowest BCUT2D eigenvalue weighted by molar-refractivity contribution is 1.11. The molecule has 0 radical (unpaired) electrons. The summed E-state index contributed by atoms with van der Waals surface area (Å²) in [6.07, 6.45) is 1.91. The van der Waals surface area contributed by atoms with Crippen LogP contribution in [0.3, 0.4) is 0 Å². The molecule has 4 heteroatoms. The molecule has 0 aliphatic rings. The Hall–Kier alpha value is -7.56. The molecule has 1 N–H and O–H groups in total. The van der Waals surface area contributed by atoms with Crippen LogP contribution in [-0.2, 0) is 0 Å². The lowest BCUT2D eigenvalue weighted by Gasteiger charge is -2.16. The molecule has 0 aliphatic heterocycles. The average Bonchev–Trinajstić information content (AvgIpc) is 3.86. The SMILES string of the molecule is c1ccc(-c2ccnc(-c3cc(-c4cccc5c4nc(-c4cccc6c4[nH]c4ccccc46)n5-c4ccccc4-c4ccccc4)c4ccccc4c3)c2)cc1. The van der Waals surface area contributed by atoms with Gasteiger partial charge in [-0.25, -0.2) is 4.98 Å². The number of aromatic nitrogens is 4. The predicted molar refractivity (Wildman–Crippen MR) is 233 cm³/mol. The van der Waals surface area contributed by atoms with Crippen LogP contribution in [0.15, 0.2) is 200 Å². The Morgan fingerprint density at radius 2 is 1.11 bits per heavy atom. The third-order valence-corrected chi connectivity index (χ3v) is 11.0. The minimum atomic E-state index is 0.880. The van der Waals surface area contributed by atoms with Gasteiger partial charge in [0.2, 0.25) is 0 Å². The zero-order chi connectivity index (χ0) is 37.0. The third kappa shape index (κ3) is 5.23. The molecule has 56 heavy (non-hydrogen) atoms. The number of fused-ring (bicyclic) bond motifs is 5. The largest absolute Gasteiger partial charge is 0.354 e. The second-order valence-electron chi connectivity index (χ2n) is 14.3. The van der Waals surface area contributed by atoms with Crippen LogP contribution in [-0.4, -0.2) is 19.5 Å². The molecule has 0 atom stereocenters. The summed E-state index contributed by atoms with van der Waals surface area (Å²) in [5, 5.41) is 4.70. The van der Waals surface area contributed by atoms with Crippen molar-refractivity contribution < 1.29 is 0 Å². The minimum Gasteiger partial charge on any atom is -0.354 e. The van der Waals surface area contributed by atoms with Crippen LogP contribution in [0.5, 0.6) is 0 Å². The van der Waals surface area contributed by atoms with E-state index < -0.39 is 0 Å². The molecule has 3 aromatic heterocycles. The van der Waals surface area contributed by atoms with Gasteiger partial charge >= 0.3 is 0 Å². The van der Waals surface area contributed by atoms with Crippen LogP contribution < -0.4 is 0 Å². The quantitative estimate of drug-likeness (QED) is 0.186. The molecule has 0 amide bonds. The molecule has 0 spiro atoms. The molecule has 11 rings (SSSR count). The van der Waals surface area contributed by atoms with E-state index in [-0.39, 0.29) is 0 Å². The van der Waals surface area contributed by atoms with E-state index in [1.165, 1.54) is 21.7 Å². The summed E-state index contributed by atoms with van der Waals surface area (Å²) >= 11 is 0. The second-order valence-corrected chi connectivity index (χ2v) is 14.3. The molecule has 8 aromatic carbocycles. The van der Waals surface area contributed by atoms with Gasteiger partial charge in [0.15, 0.2) is 0 Å². The fraction of sp³-hybridized carbons (Fsp3) is 0. The first kappa shape index (κ1) is 31.9. The smallest absolute Gasteiger partial charge is 0.147 e. The molecule has 0 unspecified atom stereocenters. The van der Waals surface area contributed by atoms with Crippen LogP contribution in [0.25, 0.3) is 105 Å². The summed E-state index contributed by atoms with van der Waals surface area (Å²) in [7, 11) is 0. The van der Waals surface area contributed by atoms with E-state index in [1.54, 1.807) is 0 Å². The highest BCUT2D eigenvalue weighted by atomic mass is 15.1. The molecule has 0 fully saturated rings. The normalized spacial score (nSPS) is 11.6. The van der Waals surface area contributed by atoms with E-state index in [1.807, 2.05) is 6.20 Å². The number of H-pyrrole nitrogens is 1. The van der Waals surface area contributed by atoms with E-state index >= 15 is 0 Å². The zero-order valence-corrected chi connectivity index (χ0v) is 30.4. The van der Waals surface area contributed by atoms with E-state index in [4.69, 9.17) is 9.97 Å². The van der Waals surface area contributed by atoms with E-state index in [9.17, 15) is 0 Å². The molecule has 4 nitrogen and oxygen atoms in total. The number of para-hydroxylation sites is 4. The average molecular weight is 715 g/mol. The highest BCUT2D eigenvalue weighted by Gasteiger charge is 2.23. The standard InChI is InChI=1S/C52H34N4/c1-3-15-34(16-4-1)36-29-30-53-47(33-36)38-31-37-19-7-8-20-39(37)45(32-38)43-24-14-28-49-51(43)55-52(44-25-13-23-42-41-22-9-11-26-46(41)54-50(42)44)56(49)48-27-12-10-21-40(48)35-17-5-2-6-18-35/h1-33,54H. The monoisotopic (exact) mass is 714 g/mol. The van der Waals surface area contributed by atoms with Gasteiger partial charge < -0.3 is 4.98 Å². The second kappa shape index (κ2) is 13.1. The fourth-order valence-electron chi connectivity index (χ4n) is 8.41. The summed E-state index contributed by atoms with van der Waals surface area (Å²) < 4.78 is 2.36. The highest BCUT2D eigenvalue weighted by Crippen LogP contribution is 2.42. The molecule has 0 saturated carbocycles. The molecule has 3 heterocycles. The highest BCUT2D eigenvalue weighted by molar-refractivity contribution is 6.12. The predicted octanol–water partition coefficient (Wildman–Crippen LogP) is 13.5. The van der Waals surface area contributed by atoms with Gasteiger partial charge in [0, 0.05) is 44.7 Å². The number of nitrogens with one attached hydrogen (secondary N) is 1. The summed E-state index contributed by atoms with van der Waals surface area (Å²) in [6.45, 7) is 0. The molecule has 11 aromatic rings. The van der Waals surface area contributed by atoms with Gasteiger partial charge in [0.05, 0.1) is 27.9 Å². The van der Waals surface area contributed by atoms with Crippen molar-refractivity contribution >= 4 is 43.6 Å². The van der Waals surface area contributed by atoms with Gasteiger partial charge in [-0.15, -0.1) is 0 Å². The van der Waals surface area contributed by atoms with Crippen molar-refractivity contribution in [3.8, 4) is 61.7 Å². The van der Waals surface area contributed by atoms with Gasteiger partial charge in [-0.1, -0.05) is 146 Å². The van der Waals surface area contributed by atoms with Gasteiger partial charge in [-0.05, 0) is 81.6 Å². The molecular weight excluding hydrogens is 681 g/mol. The van der Waals surface area contributed by atoms with Crippen molar-refractivity contribution in [3.63, 3.8) is 0 Å². The Balaban J connectivity index is 1.20. The maximum Gasteiger partial charge on any atom is 0.147 e. The number of aromatic amines is 1. The first-order valence-electron chi connectivity index (χ1n) is 19.0. The number of rotatable bonds is 6. The van der Waals surface area contributed by atoms with Gasteiger partial charge in [-0.3, -0.25) is 9.55 Å². The number of nitrogens with zero attached hydrogens (tertiary/aromatic N) is 3. The Bertz CT molecular complexity index is 3250. The zero-order valence-electron chi connectivity index (χ0n) is 30.4. The molecule has 0 saturated heterocycles. The van der Waals surface area contributed by atoms with Gasteiger partial charge in [-0.2, -0.15) is 0 Å². The van der Waals surface area contributed by atoms with Crippen molar-refractivity contribution in [2.75, 3.05) is 0 Å². The van der Waals surface area contributed by atoms with Crippen molar-refractivity contribution in [1.82, 2.24) is 19.5 Å². The number of hydrogen-bond donors (Lipinski definition) is 1. The van der Waals surface area contributed by atoms with Crippen molar-refractivity contribution in [3.05, 3.63) is 200 Å². The van der Waals surface area contributed by atoms with E-state index in [2.05, 4.69) is 204 Å². The summed E-state index contributed by atoms with van der Waals surface area (Å²) in [6, 6.07) is 68.9. The van der Waals surface area contributed by atoms with E-state index in [0.717, 1.165) is 83.6 Å². The Morgan fingerprint density at radius 3 is 1.98 bits per heavy atom. The summed E-state index contributed by atoms with van der Waals surface area (Å²) in [4.78, 5) is 14.3. The first-order valence-corrected chi connectivity index (χ1v) is 19.0. The molecule has 0 bridgehead atoms. The Labute approximate surface area is 324 Å². The van der Waals surface area contributed by atoms with Crippen LogP contribution >= 0.6 is 0 Å². The van der Waals surface area contributed by atoms with Crippen molar-refractivity contribution in [1.29, 1.82) is 0 Å². The lowest BCUT2D eigenvalue weighted by Crippen LogP contribution is -2.00. The molecular formula is C52H34N4. The van der Waals surface area contributed by atoms with Crippen LogP contribution in [0.4, 0.5) is 0 Å². The van der Waals surface area contributed by atoms with Crippen LogP contribution in [0.2, 0.25) is 0 Å². The maximum atomic E-state index is 5.68. The lowest BCUT2D eigenvalue weighted by atomic mass is 9.93. The number of benzene rings is 8. The van der Waals surface area contributed by atoms with Crippen molar-refractivity contribution in [2.24, 2.45) is 0 Å². The van der Waals surface area contributed by atoms with Gasteiger partial charge in [0.25, 0.3) is 0 Å². The number of hydrogen-bond acceptors (Lipinski definition) is 2. The van der Waals surface area contributed by atoms with E-state index in [0.29, 0.717) is 0 Å². The maximum absolute atomic E-state index is 5.68. The summed E-state index contributed by atoms with van der Waals surface area (Å²) in [5.74, 6) is 0.880. The summed E-state index contributed by atoms with van der Waals surface area (Å²) in [5.41, 5.74) is 15.0. The number of imidazole rings is 1. The number of pyridine rings is 1. The topological polar surface area (TPSA) is 46.5 Å². The fourth-order valence-corrected chi connectivity index (χ4v) is 8.41.